The molecule has 0 N–H and O–H groups in total. The second-order valence-electron chi connectivity index (χ2n) is 2.78. The highest BCUT2D eigenvalue weighted by atomic mass is 32.2. The molecular weight excluding hydrogens is 148 g/mol. The molecular formula is C7H12O2S. The van der Waals surface area contributed by atoms with Crippen LogP contribution in [0.5, 0.6) is 0 Å². The van der Waals surface area contributed by atoms with Gasteiger partial charge in [-0.15, -0.1) is 0 Å². The lowest BCUT2D eigenvalue weighted by molar-refractivity contribution is 0.00173. The Labute approximate surface area is 65.3 Å². The van der Waals surface area contributed by atoms with Crippen molar-refractivity contribution in [3.8, 4) is 0 Å². The van der Waals surface area contributed by atoms with Crippen molar-refractivity contribution in [1.29, 1.82) is 0 Å². The van der Waals surface area contributed by atoms with Crippen molar-refractivity contribution in [2.24, 2.45) is 5.92 Å². The van der Waals surface area contributed by atoms with E-state index in [9.17, 15) is 0 Å². The van der Waals surface area contributed by atoms with Crippen LogP contribution in [0.2, 0.25) is 0 Å². The quantitative estimate of drug-likeness (QED) is 0.521. The van der Waals surface area contributed by atoms with Gasteiger partial charge in [-0.3, -0.25) is 0 Å². The fourth-order valence-corrected chi connectivity index (χ4v) is 2.36. The SMILES string of the molecule is C1COCC2SCC2CO1. The third-order valence-electron chi connectivity index (χ3n) is 2.04. The number of ether oxygens (including phenoxy) is 2. The number of hydrogen-bond donors (Lipinski definition) is 0. The third kappa shape index (κ3) is 1.31. The largest absolute Gasteiger partial charge is 0.379 e. The summed E-state index contributed by atoms with van der Waals surface area (Å²) in [5.41, 5.74) is 0. The fraction of sp³-hybridized carbons (Fsp3) is 1.00. The van der Waals surface area contributed by atoms with E-state index in [0.717, 1.165) is 37.6 Å². The summed E-state index contributed by atoms with van der Waals surface area (Å²) in [5.74, 6) is 2.05. The molecule has 2 aliphatic heterocycles. The molecule has 0 aliphatic carbocycles. The Kier molecular flexibility index (Phi) is 2.16. The molecule has 0 spiro atoms. The summed E-state index contributed by atoms with van der Waals surface area (Å²) in [4.78, 5) is 0. The Hall–Kier alpha value is 0.270. The minimum absolute atomic E-state index is 0.736. The lowest BCUT2D eigenvalue weighted by Crippen LogP contribution is -2.40. The molecule has 0 saturated carbocycles. The molecule has 0 aromatic carbocycles. The van der Waals surface area contributed by atoms with Crippen LogP contribution >= 0.6 is 11.8 Å². The zero-order valence-corrected chi connectivity index (χ0v) is 6.73. The van der Waals surface area contributed by atoms with Crippen molar-refractivity contribution in [2.45, 2.75) is 5.25 Å². The van der Waals surface area contributed by atoms with Gasteiger partial charge in [-0.1, -0.05) is 0 Å². The highest BCUT2D eigenvalue weighted by Gasteiger charge is 2.32. The Bertz CT molecular complexity index is 104. The molecule has 2 unspecified atom stereocenters. The minimum atomic E-state index is 0.736. The van der Waals surface area contributed by atoms with Crippen LogP contribution in [0, 0.1) is 5.92 Å². The maximum Gasteiger partial charge on any atom is 0.0701 e. The second-order valence-corrected chi connectivity index (χ2v) is 4.05. The highest BCUT2D eigenvalue weighted by molar-refractivity contribution is 8.01. The Morgan fingerprint density at radius 3 is 2.60 bits per heavy atom. The maximum absolute atomic E-state index is 5.37. The average molecular weight is 160 g/mol. The van der Waals surface area contributed by atoms with E-state index in [1.54, 1.807) is 0 Å². The van der Waals surface area contributed by atoms with E-state index < -0.39 is 0 Å². The van der Waals surface area contributed by atoms with Gasteiger partial charge in [0.1, 0.15) is 0 Å². The van der Waals surface area contributed by atoms with E-state index >= 15 is 0 Å². The van der Waals surface area contributed by atoms with Gasteiger partial charge in [-0.25, -0.2) is 0 Å². The summed E-state index contributed by atoms with van der Waals surface area (Å²) in [6.45, 7) is 3.47. The third-order valence-corrected chi connectivity index (χ3v) is 3.61. The van der Waals surface area contributed by atoms with Crippen LogP contribution in [0.15, 0.2) is 0 Å². The van der Waals surface area contributed by atoms with Crippen LogP contribution < -0.4 is 0 Å². The van der Waals surface area contributed by atoms with E-state index in [-0.39, 0.29) is 0 Å². The van der Waals surface area contributed by atoms with Crippen LogP contribution in [0.4, 0.5) is 0 Å². The topological polar surface area (TPSA) is 18.5 Å². The summed E-state index contributed by atoms with van der Waals surface area (Å²) < 4.78 is 10.7. The molecule has 58 valence electrons. The van der Waals surface area contributed by atoms with Crippen molar-refractivity contribution in [2.75, 3.05) is 32.2 Å². The lowest BCUT2D eigenvalue weighted by Gasteiger charge is -2.36. The van der Waals surface area contributed by atoms with Gasteiger partial charge in [-0.05, 0) is 5.75 Å². The first-order valence-electron chi connectivity index (χ1n) is 3.74. The van der Waals surface area contributed by atoms with Gasteiger partial charge in [-0.2, -0.15) is 11.8 Å². The summed E-state index contributed by atoms with van der Waals surface area (Å²) >= 11 is 2.01. The van der Waals surface area contributed by atoms with Crippen molar-refractivity contribution in [3.05, 3.63) is 0 Å². The van der Waals surface area contributed by atoms with Crippen LogP contribution in [-0.2, 0) is 9.47 Å². The molecule has 2 atom stereocenters. The van der Waals surface area contributed by atoms with E-state index in [1.807, 2.05) is 11.8 Å². The predicted octanol–water partition coefficient (Wildman–Crippen LogP) is 0.765. The average Bonchev–Trinajstić information content (AvgIpc) is 1.89. The second kappa shape index (κ2) is 3.11. The number of rotatable bonds is 0. The van der Waals surface area contributed by atoms with E-state index in [2.05, 4.69) is 0 Å². The molecule has 0 bridgehead atoms. The van der Waals surface area contributed by atoms with E-state index in [4.69, 9.17) is 9.47 Å². The summed E-state index contributed by atoms with van der Waals surface area (Å²) in [5, 5.41) is 0.736. The standard InChI is InChI=1S/C7H12O2S/c1-2-9-4-7-6(3-8-1)5-10-7/h6-7H,1-5H2. The minimum Gasteiger partial charge on any atom is -0.379 e. The van der Waals surface area contributed by atoms with Gasteiger partial charge in [0.2, 0.25) is 0 Å². The van der Waals surface area contributed by atoms with Gasteiger partial charge < -0.3 is 9.47 Å². The summed E-state index contributed by atoms with van der Waals surface area (Å²) in [6, 6.07) is 0. The van der Waals surface area contributed by atoms with Crippen molar-refractivity contribution < 1.29 is 9.47 Å². The normalized spacial score (nSPS) is 40.8. The monoisotopic (exact) mass is 160 g/mol. The van der Waals surface area contributed by atoms with Crippen LogP contribution in [0.1, 0.15) is 0 Å². The molecule has 10 heavy (non-hydrogen) atoms. The summed E-state index contributed by atoms with van der Waals surface area (Å²) in [7, 11) is 0. The first kappa shape index (κ1) is 6.95. The van der Waals surface area contributed by atoms with Crippen LogP contribution in [0.3, 0.4) is 0 Å². The first-order valence-corrected chi connectivity index (χ1v) is 4.79. The Balaban J connectivity index is 1.83. The fourth-order valence-electron chi connectivity index (χ4n) is 1.26. The van der Waals surface area contributed by atoms with Crippen LogP contribution in [0.25, 0.3) is 0 Å². The van der Waals surface area contributed by atoms with Gasteiger partial charge in [0, 0.05) is 11.2 Å². The van der Waals surface area contributed by atoms with Gasteiger partial charge in [0.25, 0.3) is 0 Å². The number of fused-ring (bicyclic) bond motifs is 1. The predicted molar refractivity (Wildman–Crippen MR) is 41.4 cm³/mol. The van der Waals surface area contributed by atoms with Crippen molar-refractivity contribution in [3.63, 3.8) is 0 Å². The molecule has 0 aromatic rings. The molecule has 0 amide bonds. The maximum atomic E-state index is 5.37. The number of thioether (sulfide) groups is 1. The molecule has 0 aromatic heterocycles. The molecule has 2 nitrogen and oxygen atoms in total. The number of hydrogen-bond acceptors (Lipinski definition) is 3. The van der Waals surface area contributed by atoms with E-state index in [0.29, 0.717) is 0 Å². The summed E-state index contributed by atoms with van der Waals surface area (Å²) in [6.07, 6.45) is 0. The smallest absolute Gasteiger partial charge is 0.0701 e. The molecule has 2 aliphatic rings. The zero-order valence-electron chi connectivity index (χ0n) is 5.91. The Morgan fingerprint density at radius 1 is 1.10 bits per heavy atom. The zero-order chi connectivity index (χ0) is 6.81. The molecule has 2 saturated heterocycles. The first-order chi connectivity index (χ1) is 4.97. The molecule has 2 rings (SSSR count). The molecule has 2 fully saturated rings. The van der Waals surface area contributed by atoms with E-state index in [1.165, 1.54) is 5.75 Å². The lowest BCUT2D eigenvalue weighted by atomic mass is 10.1. The Morgan fingerprint density at radius 2 is 1.90 bits per heavy atom. The van der Waals surface area contributed by atoms with Gasteiger partial charge >= 0.3 is 0 Å². The molecule has 2 heterocycles. The highest BCUT2D eigenvalue weighted by Crippen LogP contribution is 2.35. The van der Waals surface area contributed by atoms with Crippen molar-refractivity contribution in [1.82, 2.24) is 0 Å². The molecule has 3 heteroatoms. The molecule has 0 radical (unpaired) electrons. The van der Waals surface area contributed by atoms with Gasteiger partial charge in [0.05, 0.1) is 26.4 Å². The van der Waals surface area contributed by atoms with Gasteiger partial charge in [0.15, 0.2) is 0 Å². The van der Waals surface area contributed by atoms with Crippen molar-refractivity contribution >= 4 is 11.8 Å². The van der Waals surface area contributed by atoms with Crippen LogP contribution in [-0.4, -0.2) is 37.4 Å².